The second-order valence-corrected chi connectivity index (χ2v) is 6.52. The highest BCUT2D eigenvalue weighted by Gasteiger charge is 2.30. The summed E-state index contributed by atoms with van der Waals surface area (Å²) >= 11 is 0. The number of rotatable bonds is 6. The Morgan fingerprint density at radius 3 is 2.39 bits per heavy atom. The van der Waals surface area contributed by atoms with Gasteiger partial charge in [-0.05, 0) is 42.0 Å². The molecule has 33 heavy (non-hydrogen) atoms. The van der Waals surface area contributed by atoms with Gasteiger partial charge in [-0.2, -0.15) is 13.2 Å². The minimum atomic E-state index is -4.60. The van der Waals surface area contributed by atoms with Crippen molar-refractivity contribution in [1.82, 2.24) is 0 Å². The van der Waals surface area contributed by atoms with Crippen LogP contribution in [0.5, 0.6) is 11.5 Å². The highest BCUT2D eigenvalue weighted by molar-refractivity contribution is 5.84. The maximum absolute atomic E-state index is 13.8. The largest absolute Gasteiger partial charge is 0.447 e. The van der Waals surface area contributed by atoms with Gasteiger partial charge >= 0.3 is 18.0 Å². The van der Waals surface area contributed by atoms with Gasteiger partial charge < -0.3 is 9.47 Å². The number of nitrogens with one attached hydrogen (secondary N) is 1. The van der Waals surface area contributed by atoms with Gasteiger partial charge in [-0.25, -0.2) is 13.6 Å². The molecule has 0 heterocycles. The van der Waals surface area contributed by atoms with Crippen LogP contribution in [0, 0.1) is 21.7 Å². The summed E-state index contributed by atoms with van der Waals surface area (Å²) in [7, 11) is 0. The van der Waals surface area contributed by atoms with Crippen LogP contribution in [-0.4, -0.2) is 11.0 Å². The zero-order valence-corrected chi connectivity index (χ0v) is 16.4. The van der Waals surface area contributed by atoms with Crippen LogP contribution in [-0.2, 0) is 17.5 Å². The van der Waals surface area contributed by atoms with Gasteiger partial charge in [0.25, 0.3) is 0 Å². The fourth-order valence-electron chi connectivity index (χ4n) is 2.63. The van der Waals surface area contributed by atoms with Gasteiger partial charge in [-0.3, -0.25) is 15.4 Å². The van der Waals surface area contributed by atoms with E-state index in [0.29, 0.717) is 12.1 Å². The predicted octanol–water partition coefficient (Wildman–Crippen LogP) is 6.43. The van der Waals surface area contributed by atoms with E-state index in [2.05, 4.69) is 5.32 Å². The summed E-state index contributed by atoms with van der Waals surface area (Å²) in [6.45, 7) is -0.461. The van der Waals surface area contributed by atoms with Crippen LogP contribution >= 0.6 is 0 Å². The van der Waals surface area contributed by atoms with Crippen molar-refractivity contribution in [3.8, 4) is 11.5 Å². The standard InChI is InChI=1S/C21H13F5N2O5/c22-14-5-7-18(16(23)10-14)33-19-6-4-12(8-17(19)28(30)31)11-32-20(29)27-15-3-1-2-13(9-15)21(24,25)26/h1-10H,11H2,(H,27,29). The summed E-state index contributed by atoms with van der Waals surface area (Å²) in [6, 6.07) is 9.72. The molecular formula is C21H13F5N2O5. The summed E-state index contributed by atoms with van der Waals surface area (Å²) < 4.78 is 75.0. The second-order valence-electron chi connectivity index (χ2n) is 6.52. The van der Waals surface area contributed by atoms with Crippen molar-refractivity contribution >= 4 is 17.5 Å². The van der Waals surface area contributed by atoms with Crippen molar-refractivity contribution < 1.29 is 41.1 Å². The molecule has 12 heteroatoms. The van der Waals surface area contributed by atoms with Gasteiger partial charge in [0.15, 0.2) is 11.6 Å². The van der Waals surface area contributed by atoms with Gasteiger partial charge in [0, 0.05) is 17.8 Å². The van der Waals surface area contributed by atoms with Crippen LogP contribution < -0.4 is 10.1 Å². The number of nitro benzene ring substituents is 1. The van der Waals surface area contributed by atoms with Crippen molar-refractivity contribution in [3.63, 3.8) is 0 Å². The lowest BCUT2D eigenvalue weighted by Crippen LogP contribution is -2.14. The zero-order valence-electron chi connectivity index (χ0n) is 16.4. The molecule has 1 N–H and O–H groups in total. The third-order valence-electron chi connectivity index (χ3n) is 4.14. The van der Waals surface area contributed by atoms with Crippen molar-refractivity contribution in [2.75, 3.05) is 5.32 Å². The molecular weight excluding hydrogens is 455 g/mol. The monoisotopic (exact) mass is 468 g/mol. The van der Waals surface area contributed by atoms with Gasteiger partial charge in [0.1, 0.15) is 12.4 Å². The average molecular weight is 468 g/mol. The number of amides is 1. The lowest BCUT2D eigenvalue weighted by molar-refractivity contribution is -0.385. The number of carbonyl (C=O) groups is 1. The van der Waals surface area contributed by atoms with E-state index in [4.69, 9.17) is 9.47 Å². The number of benzene rings is 3. The van der Waals surface area contributed by atoms with Crippen LogP contribution in [0.15, 0.2) is 60.7 Å². The number of nitro groups is 1. The number of carbonyl (C=O) groups excluding carboxylic acids is 1. The third kappa shape index (κ3) is 6.15. The predicted molar refractivity (Wildman–Crippen MR) is 105 cm³/mol. The molecule has 0 aliphatic heterocycles. The molecule has 0 atom stereocenters. The van der Waals surface area contributed by atoms with E-state index in [1.807, 2.05) is 0 Å². The smallest absolute Gasteiger partial charge is 0.416 e. The summed E-state index contributed by atoms with van der Waals surface area (Å²) in [6.07, 6.45) is -5.69. The highest BCUT2D eigenvalue weighted by Crippen LogP contribution is 2.34. The minimum Gasteiger partial charge on any atom is -0.447 e. The Morgan fingerprint density at radius 2 is 1.73 bits per heavy atom. The molecule has 3 aromatic rings. The van der Waals surface area contributed by atoms with E-state index in [0.717, 1.165) is 36.4 Å². The highest BCUT2D eigenvalue weighted by atomic mass is 19.4. The lowest BCUT2D eigenvalue weighted by Gasteiger charge is -2.11. The van der Waals surface area contributed by atoms with Crippen LogP contribution in [0.1, 0.15) is 11.1 Å². The first-order valence-corrected chi connectivity index (χ1v) is 9.04. The Labute approximate surface area is 182 Å². The van der Waals surface area contributed by atoms with Gasteiger partial charge in [-0.15, -0.1) is 0 Å². The molecule has 0 unspecified atom stereocenters. The Bertz CT molecular complexity index is 1200. The number of alkyl halides is 3. The Morgan fingerprint density at radius 1 is 1.00 bits per heavy atom. The molecule has 172 valence electrons. The van der Waals surface area contributed by atoms with Gasteiger partial charge in [-0.1, -0.05) is 12.1 Å². The minimum absolute atomic E-state index is 0.146. The number of anilines is 1. The molecule has 0 saturated carbocycles. The van der Waals surface area contributed by atoms with E-state index in [1.165, 1.54) is 12.1 Å². The molecule has 0 radical (unpaired) electrons. The number of ether oxygens (including phenoxy) is 2. The summed E-state index contributed by atoms with van der Waals surface area (Å²) in [5.41, 5.74) is -1.57. The maximum atomic E-state index is 13.8. The Kier molecular flexibility index (Phi) is 6.75. The van der Waals surface area contributed by atoms with E-state index >= 15 is 0 Å². The van der Waals surface area contributed by atoms with Crippen LogP contribution in [0.4, 0.5) is 38.1 Å². The van der Waals surface area contributed by atoms with E-state index in [9.17, 15) is 36.9 Å². The number of nitrogens with zero attached hydrogens (tertiary/aromatic N) is 1. The first-order valence-electron chi connectivity index (χ1n) is 9.04. The number of hydrogen-bond donors (Lipinski definition) is 1. The molecule has 0 aliphatic carbocycles. The number of hydrogen-bond acceptors (Lipinski definition) is 5. The van der Waals surface area contributed by atoms with E-state index in [-0.39, 0.29) is 17.0 Å². The molecule has 0 saturated heterocycles. The van der Waals surface area contributed by atoms with Crippen LogP contribution in [0.2, 0.25) is 0 Å². The first kappa shape index (κ1) is 23.4. The second kappa shape index (κ2) is 9.51. The quantitative estimate of drug-likeness (QED) is 0.256. The number of halogens is 5. The molecule has 0 spiro atoms. The van der Waals surface area contributed by atoms with Crippen molar-refractivity contribution in [2.24, 2.45) is 0 Å². The van der Waals surface area contributed by atoms with E-state index in [1.54, 1.807) is 0 Å². The van der Waals surface area contributed by atoms with Crippen molar-refractivity contribution in [2.45, 2.75) is 12.8 Å². The normalized spacial score (nSPS) is 11.1. The molecule has 0 aromatic heterocycles. The van der Waals surface area contributed by atoms with Crippen LogP contribution in [0.3, 0.4) is 0 Å². The summed E-state index contributed by atoms with van der Waals surface area (Å²) in [5, 5.41) is 13.5. The molecule has 3 aromatic carbocycles. The van der Waals surface area contributed by atoms with Gasteiger partial charge in [0.05, 0.1) is 10.5 Å². The molecule has 0 aliphatic rings. The first-order chi connectivity index (χ1) is 15.5. The Balaban J connectivity index is 1.68. The van der Waals surface area contributed by atoms with Crippen molar-refractivity contribution in [3.05, 3.63) is 93.5 Å². The van der Waals surface area contributed by atoms with Crippen molar-refractivity contribution in [1.29, 1.82) is 0 Å². The zero-order chi connectivity index (χ0) is 24.2. The summed E-state index contributed by atoms with van der Waals surface area (Å²) in [4.78, 5) is 22.4. The molecule has 3 rings (SSSR count). The van der Waals surface area contributed by atoms with E-state index < -0.39 is 52.4 Å². The molecule has 1 amide bonds. The maximum Gasteiger partial charge on any atom is 0.416 e. The molecule has 0 fully saturated rings. The third-order valence-corrected chi connectivity index (χ3v) is 4.14. The molecule has 7 nitrogen and oxygen atoms in total. The molecule has 0 bridgehead atoms. The lowest BCUT2D eigenvalue weighted by atomic mass is 10.2. The fourth-order valence-corrected chi connectivity index (χ4v) is 2.63. The van der Waals surface area contributed by atoms with Gasteiger partial charge in [0.2, 0.25) is 5.75 Å². The van der Waals surface area contributed by atoms with Crippen LogP contribution in [0.25, 0.3) is 0 Å². The topological polar surface area (TPSA) is 90.7 Å². The average Bonchev–Trinajstić information content (AvgIpc) is 2.74. The summed E-state index contributed by atoms with van der Waals surface area (Å²) in [5.74, 6) is -2.71. The fraction of sp³-hybridized carbons (Fsp3) is 0.0952. The SMILES string of the molecule is O=C(Nc1cccc(C(F)(F)F)c1)OCc1ccc(Oc2ccc(F)cc2F)c([N+](=O)[O-])c1. The Hall–Kier alpha value is -4.22.